The number of rotatable bonds is 7. The van der Waals surface area contributed by atoms with Gasteiger partial charge in [0.1, 0.15) is 11.5 Å². The number of nitrogens with zero attached hydrogens (tertiary/aromatic N) is 1. The van der Waals surface area contributed by atoms with Gasteiger partial charge in [-0.25, -0.2) is 0 Å². The molecule has 0 fully saturated rings. The van der Waals surface area contributed by atoms with Crippen LogP contribution in [0.2, 0.25) is 0 Å². The zero-order valence-electron chi connectivity index (χ0n) is 14.2. The van der Waals surface area contributed by atoms with Gasteiger partial charge in [-0.2, -0.15) is 0 Å². The smallest absolute Gasteiger partial charge is 0.271 e. The van der Waals surface area contributed by atoms with Gasteiger partial charge in [-0.3, -0.25) is 14.9 Å². The Labute approximate surface area is 144 Å². The number of nitro benzene ring substituents is 1. The minimum absolute atomic E-state index is 0.0887. The largest absolute Gasteiger partial charge is 0.495 e. The number of methoxy groups -OCH3 is 2. The second-order valence-corrected chi connectivity index (χ2v) is 5.25. The van der Waals surface area contributed by atoms with E-state index in [1.807, 2.05) is 13.0 Å². The highest BCUT2D eigenvalue weighted by Gasteiger charge is 2.13. The molecule has 0 aliphatic rings. The van der Waals surface area contributed by atoms with Crippen LogP contribution in [0.4, 0.5) is 17.1 Å². The second-order valence-electron chi connectivity index (χ2n) is 5.25. The van der Waals surface area contributed by atoms with E-state index in [0.29, 0.717) is 22.9 Å². The number of nitro groups is 1. The van der Waals surface area contributed by atoms with E-state index in [1.165, 1.54) is 32.4 Å². The molecule has 0 aliphatic heterocycles. The molecule has 2 N–H and O–H groups in total. The van der Waals surface area contributed by atoms with Crippen molar-refractivity contribution in [3.8, 4) is 11.5 Å². The van der Waals surface area contributed by atoms with Crippen molar-refractivity contribution in [2.24, 2.45) is 0 Å². The first-order chi connectivity index (χ1) is 11.9. The van der Waals surface area contributed by atoms with E-state index >= 15 is 0 Å². The first kappa shape index (κ1) is 18.1. The Morgan fingerprint density at radius 2 is 1.72 bits per heavy atom. The monoisotopic (exact) mass is 345 g/mol. The summed E-state index contributed by atoms with van der Waals surface area (Å²) in [5.41, 5.74) is 1.80. The summed E-state index contributed by atoms with van der Waals surface area (Å²) in [6.45, 7) is 1.82. The third kappa shape index (κ3) is 4.60. The fourth-order valence-electron chi connectivity index (χ4n) is 2.24. The molecule has 2 rings (SSSR count). The highest BCUT2D eigenvalue weighted by molar-refractivity contribution is 5.95. The molecule has 0 atom stereocenters. The number of amides is 1. The van der Waals surface area contributed by atoms with Crippen LogP contribution in [0.5, 0.6) is 11.5 Å². The van der Waals surface area contributed by atoms with Gasteiger partial charge in [0.05, 0.1) is 37.1 Å². The van der Waals surface area contributed by atoms with Crippen molar-refractivity contribution >= 4 is 23.0 Å². The van der Waals surface area contributed by atoms with Crippen LogP contribution in [0.25, 0.3) is 0 Å². The van der Waals surface area contributed by atoms with Gasteiger partial charge in [0.2, 0.25) is 5.91 Å². The zero-order valence-corrected chi connectivity index (χ0v) is 14.2. The third-order valence-electron chi connectivity index (χ3n) is 3.46. The molecular formula is C17H19N3O5. The SMILES string of the molecule is COc1ccc([N+](=O)[O-])cc1NCC(=O)Nc1cc(C)ccc1OC. The molecule has 0 heterocycles. The van der Waals surface area contributed by atoms with Crippen molar-refractivity contribution in [3.63, 3.8) is 0 Å². The topological polar surface area (TPSA) is 103 Å². The Hall–Kier alpha value is -3.29. The Bertz CT molecular complexity index is 792. The first-order valence-electron chi connectivity index (χ1n) is 7.45. The summed E-state index contributed by atoms with van der Waals surface area (Å²) in [6.07, 6.45) is 0. The number of non-ortho nitro benzene ring substituents is 1. The van der Waals surface area contributed by atoms with Crippen molar-refractivity contribution in [2.75, 3.05) is 31.4 Å². The predicted molar refractivity (Wildman–Crippen MR) is 94.5 cm³/mol. The molecular weight excluding hydrogens is 326 g/mol. The van der Waals surface area contributed by atoms with Crippen LogP contribution in [0.15, 0.2) is 36.4 Å². The number of ether oxygens (including phenoxy) is 2. The van der Waals surface area contributed by atoms with Crippen LogP contribution in [0, 0.1) is 17.0 Å². The molecule has 2 aromatic rings. The number of carbonyl (C=O) groups is 1. The highest BCUT2D eigenvalue weighted by Crippen LogP contribution is 2.29. The lowest BCUT2D eigenvalue weighted by atomic mass is 10.2. The summed E-state index contributed by atoms with van der Waals surface area (Å²) < 4.78 is 10.4. The number of carbonyl (C=O) groups excluding carboxylic acids is 1. The lowest BCUT2D eigenvalue weighted by molar-refractivity contribution is -0.384. The zero-order chi connectivity index (χ0) is 18.4. The summed E-state index contributed by atoms with van der Waals surface area (Å²) in [5.74, 6) is 0.635. The van der Waals surface area contributed by atoms with Crippen LogP contribution in [0.1, 0.15) is 5.56 Å². The van der Waals surface area contributed by atoms with Crippen molar-refractivity contribution in [1.29, 1.82) is 0 Å². The van der Waals surface area contributed by atoms with Gasteiger partial charge in [0.15, 0.2) is 0 Å². The molecule has 0 saturated heterocycles. The number of hydrogen-bond acceptors (Lipinski definition) is 6. The Morgan fingerprint density at radius 3 is 2.36 bits per heavy atom. The molecule has 8 nitrogen and oxygen atoms in total. The standard InChI is InChI=1S/C17H19N3O5/c1-11-4-6-16(25-3)14(8-11)19-17(21)10-18-13-9-12(20(22)23)5-7-15(13)24-2/h4-9,18H,10H2,1-3H3,(H,19,21). The maximum absolute atomic E-state index is 12.2. The Kier molecular flexibility index (Phi) is 5.78. The molecule has 0 bridgehead atoms. The highest BCUT2D eigenvalue weighted by atomic mass is 16.6. The quantitative estimate of drug-likeness (QED) is 0.591. The van der Waals surface area contributed by atoms with Gasteiger partial charge in [-0.1, -0.05) is 6.07 Å². The molecule has 0 radical (unpaired) electrons. The number of aryl methyl sites for hydroxylation is 1. The van der Waals surface area contributed by atoms with E-state index < -0.39 is 4.92 Å². The van der Waals surface area contributed by atoms with Gasteiger partial charge >= 0.3 is 0 Å². The van der Waals surface area contributed by atoms with Gasteiger partial charge < -0.3 is 20.1 Å². The molecule has 132 valence electrons. The third-order valence-corrected chi connectivity index (χ3v) is 3.46. The minimum Gasteiger partial charge on any atom is -0.495 e. The molecule has 8 heteroatoms. The van der Waals surface area contributed by atoms with Gasteiger partial charge in [-0.15, -0.1) is 0 Å². The van der Waals surface area contributed by atoms with Crippen LogP contribution in [0.3, 0.4) is 0 Å². The minimum atomic E-state index is -0.512. The van der Waals surface area contributed by atoms with E-state index in [9.17, 15) is 14.9 Å². The summed E-state index contributed by atoms with van der Waals surface area (Å²) in [5, 5.41) is 16.5. The normalized spacial score (nSPS) is 10.0. The average Bonchev–Trinajstić information content (AvgIpc) is 2.59. The number of nitrogens with one attached hydrogen (secondary N) is 2. The lowest BCUT2D eigenvalue weighted by Gasteiger charge is -2.13. The van der Waals surface area contributed by atoms with E-state index in [0.717, 1.165) is 5.56 Å². The molecule has 0 unspecified atom stereocenters. The van der Waals surface area contributed by atoms with Gasteiger partial charge in [0, 0.05) is 12.1 Å². The molecule has 0 spiro atoms. The molecule has 25 heavy (non-hydrogen) atoms. The molecule has 0 aliphatic carbocycles. The Balaban J connectivity index is 2.09. The van der Waals surface area contributed by atoms with Crippen molar-refractivity contribution in [1.82, 2.24) is 0 Å². The number of anilines is 2. The maximum Gasteiger partial charge on any atom is 0.271 e. The first-order valence-corrected chi connectivity index (χ1v) is 7.45. The van der Waals surface area contributed by atoms with Crippen LogP contribution in [-0.4, -0.2) is 31.6 Å². The fraction of sp³-hybridized carbons (Fsp3) is 0.235. The van der Waals surface area contributed by atoms with Crippen LogP contribution in [-0.2, 0) is 4.79 Å². The van der Waals surface area contributed by atoms with Crippen LogP contribution < -0.4 is 20.1 Å². The molecule has 0 aromatic heterocycles. The van der Waals surface area contributed by atoms with Crippen molar-refractivity contribution in [2.45, 2.75) is 6.92 Å². The Morgan fingerprint density at radius 1 is 1.08 bits per heavy atom. The average molecular weight is 345 g/mol. The van der Waals surface area contributed by atoms with Crippen LogP contribution >= 0.6 is 0 Å². The molecule has 2 aromatic carbocycles. The van der Waals surface area contributed by atoms with Gasteiger partial charge in [-0.05, 0) is 30.7 Å². The maximum atomic E-state index is 12.2. The molecule has 1 amide bonds. The number of benzene rings is 2. The summed E-state index contributed by atoms with van der Waals surface area (Å²) in [6, 6.07) is 9.57. The van der Waals surface area contributed by atoms with Crippen molar-refractivity contribution < 1.29 is 19.2 Å². The predicted octanol–water partition coefficient (Wildman–Crippen LogP) is 2.97. The lowest BCUT2D eigenvalue weighted by Crippen LogP contribution is -2.22. The van der Waals surface area contributed by atoms with E-state index in [1.54, 1.807) is 12.1 Å². The van der Waals surface area contributed by atoms with E-state index in [4.69, 9.17) is 9.47 Å². The van der Waals surface area contributed by atoms with Gasteiger partial charge in [0.25, 0.3) is 5.69 Å². The summed E-state index contributed by atoms with van der Waals surface area (Å²) >= 11 is 0. The van der Waals surface area contributed by atoms with Crippen molar-refractivity contribution in [3.05, 3.63) is 52.1 Å². The van der Waals surface area contributed by atoms with E-state index in [-0.39, 0.29) is 18.1 Å². The number of hydrogen-bond donors (Lipinski definition) is 2. The molecule has 0 saturated carbocycles. The summed E-state index contributed by atoms with van der Waals surface area (Å²) in [4.78, 5) is 22.5. The summed E-state index contributed by atoms with van der Waals surface area (Å²) in [7, 11) is 2.97. The second kappa shape index (κ2) is 8.00. The fourth-order valence-corrected chi connectivity index (χ4v) is 2.24. The van der Waals surface area contributed by atoms with E-state index in [2.05, 4.69) is 10.6 Å².